The van der Waals surface area contributed by atoms with Gasteiger partial charge in [0, 0.05) is 37.4 Å². The zero-order chi connectivity index (χ0) is 20.0. The number of H-pyrrole nitrogens is 1. The smallest absolute Gasteiger partial charge is 0.253 e. The first-order valence-corrected chi connectivity index (χ1v) is 9.16. The first kappa shape index (κ1) is 18.4. The summed E-state index contributed by atoms with van der Waals surface area (Å²) < 4.78 is 33.6. The molecule has 4 rings (SSSR count). The Balaban J connectivity index is 1.80. The van der Waals surface area contributed by atoms with Gasteiger partial charge in [-0.25, -0.2) is 13.8 Å². The van der Waals surface area contributed by atoms with Crippen molar-refractivity contribution in [2.45, 2.75) is 25.7 Å². The normalized spacial score (nSPS) is 16.0. The second-order valence-corrected chi connectivity index (χ2v) is 7.39. The number of nitrogens with one attached hydrogen (secondary N) is 1. The molecule has 0 saturated carbocycles. The van der Waals surface area contributed by atoms with Crippen molar-refractivity contribution in [3.05, 3.63) is 58.4 Å². The fourth-order valence-electron chi connectivity index (χ4n) is 3.85. The van der Waals surface area contributed by atoms with E-state index < -0.39 is 11.6 Å². The fraction of sp³-hybridized carbons (Fsp3) is 0.333. The number of hydrogen-bond acceptors (Lipinski definition) is 3. The van der Waals surface area contributed by atoms with Gasteiger partial charge < -0.3 is 14.6 Å². The van der Waals surface area contributed by atoms with E-state index in [1.807, 2.05) is 13.0 Å². The summed E-state index contributed by atoms with van der Waals surface area (Å²) in [6, 6.07) is 5.72. The molecule has 0 saturated heterocycles. The molecule has 0 spiro atoms. The Morgan fingerprint density at radius 2 is 2.07 bits per heavy atom. The molecule has 0 aliphatic carbocycles. The second kappa shape index (κ2) is 6.89. The van der Waals surface area contributed by atoms with Gasteiger partial charge in [-0.3, -0.25) is 4.79 Å². The minimum absolute atomic E-state index is 0.115. The summed E-state index contributed by atoms with van der Waals surface area (Å²) in [5.74, 6) is -0.559. The SMILES string of the molecule is Cc1nc2c(C[C@H]3CCOc4cc(F)cc(F)c43)cc(C(=O)N(C)C)cc2[nH]1. The maximum Gasteiger partial charge on any atom is 0.253 e. The van der Waals surface area contributed by atoms with Gasteiger partial charge in [-0.15, -0.1) is 0 Å². The number of fused-ring (bicyclic) bond motifs is 2. The summed E-state index contributed by atoms with van der Waals surface area (Å²) in [7, 11) is 3.39. The zero-order valence-corrected chi connectivity index (χ0v) is 16.0. The molecule has 0 bridgehead atoms. The van der Waals surface area contributed by atoms with Gasteiger partial charge in [0.25, 0.3) is 5.91 Å². The van der Waals surface area contributed by atoms with E-state index in [-0.39, 0.29) is 17.6 Å². The van der Waals surface area contributed by atoms with Crippen LogP contribution in [-0.2, 0) is 6.42 Å². The standard InChI is InChI=1S/C21H21F2N3O2/c1-11-24-17-8-14(21(27)26(2)3)7-13(20(17)25-11)6-12-4-5-28-18-10-15(22)9-16(23)19(12)18/h7-10,12H,4-6H2,1-3H3,(H,24,25)/t12-/m1/s1. The minimum atomic E-state index is -0.652. The third-order valence-electron chi connectivity index (χ3n) is 5.09. The number of amides is 1. The number of halogens is 2. The Hall–Kier alpha value is -2.96. The number of carbonyl (C=O) groups excluding carboxylic acids is 1. The molecule has 28 heavy (non-hydrogen) atoms. The zero-order valence-electron chi connectivity index (χ0n) is 16.0. The number of aromatic nitrogens is 2. The van der Waals surface area contributed by atoms with Crippen molar-refractivity contribution in [2.24, 2.45) is 0 Å². The van der Waals surface area contributed by atoms with E-state index in [4.69, 9.17) is 4.74 Å². The molecular weight excluding hydrogens is 364 g/mol. The van der Waals surface area contributed by atoms with Gasteiger partial charge in [0.15, 0.2) is 0 Å². The molecule has 3 aromatic rings. The highest BCUT2D eigenvalue weighted by atomic mass is 19.1. The number of hydrogen-bond donors (Lipinski definition) is 1. The summed E-state index contributed by atoms with van der Waals surface area (Å²) in [6.45, 7) is 2.24. The molecule has 2 aromatic carbocycles. The third-order valence-corrected chi connectivity index (χ3v) is 5.09. The van der Waals surface area contributed by atoms with Crippen LogP contribution in [0.4, 0.5) is 8.78 Å². The Bertz CT molecular complexity index is 1080. The Morgan fingerprint density at radius 3 is 2.82 bits per heavy atom. The second-order valence-electron chi connectivity index (χ2n) is 7.39. The van der Waals surface area contributed by atoms with Crippen LogP contribution in [0, 0.1) is 18.6 Å². The maximum absolute atomic E-state index is 14.5. The van der Waals surface area contributed by atoms with Crippen molar-refractivity contribution < 1.29 is 18.3 Å². The lowest BCUT2D eigenvalue weighted by Gasteiger charge is -2.26. The summed E-state index contributed by atoms with van der Waals surface area (Å²) in [6.07, 6.45) is 1.08. The number of rotatable bonds is 3. The van der Waals surface area contributed by atoms with E-state index in [9.17, 15) is 13.6 Å². The summed E-state index contributed by atoms with van der Waals surface area (Å²) >= 11 is 0. The van der Waals surface area contributed by atoms with E-state index in [1.165, 1.54) is 11.0 Å². The van der Waals surface area contributed by atoms with Crippen LogP contribution in [0.2, 0.25) is 0 Å². The van der Waals surface area contributed by atoms with Crippen LogP contribution in [0.15, 0.2) is 24.3 Å². The molecule has 1 aliphatic heterocycles. The van der Waals surface area contributed by atoms with Crippen LogP contribution in [0.3, 0.4) is 0 Å². The molecule has 7 heteroatoms. The molecule has 2 heterocycles. The average molecular weight is 385 g/mol. The van der Waals surface area contributed by atoms with Crippen LogP contribution in [0.5, 0.6) is 5.75 Å². The van der Waals surface area contributed by atoms with E-state index in [1.54, 1.807) is 20.2 Å². The van der Waals surface area contributed by atoms with Crippen molar-refractivity contribution in [3.8, 4) is 5.75 Å². The summed E-state index contributed by atoms with van der Waals surface area (Å²) in [4.78, 5) is 21.7. The Morgan fingerprint density at radius 1 is 1.29 bits per heavy atom. The van der Waals surface area contributed by atoms with Crippen LogP contribution >= 0.6 is 0 Å². The van der Waals surface area contributed by atoms with Crippen molar-refractivity contribution >= 4 is 16.9 Å². The van der Waals surface area contributed by atoms with E-state index in [0.717, 1.165) is 28.5 Å². The van der Waals surface area contributed by atoms with E-state index in [2.05, 4.69) is 9.97 Å². The molecule has 1 aromatic heterocycles. The fourth-order valence-corrected chi connectivity index (χ4v) is 3.85. The molecular formula is C21H21F2N3O2. The van der Waals surface area contributed by atoms with Gasteiger partial charge in [0.2, 0.25) is 0 Å². The van der Waals surface area contributed by atoms with Crippen molar-refractivity contribution in [1.29, 1.82) is 0 Å². The number of carbonyl (C=O) groups is 1. The van der Waals surface area contributed by atoms with Gasteiger partial charge in [-0.05, 0) is 43.4 Å². The topological polar surface area (TPSA) is 58.2 Å². The van der Waals surface area contributed by atoms with Gasteiger partial charge in [-0.2, -0.15) is 0 Å². The predicted octanol–water partition coefficient (Wildman–Crippen LogP) is 3.96. The van der Waals surface area contributed by atoms with E-state index in [0.29, 0.717) is 30.6 Å². The highest BCUT2D eigenvalue weighted by molar-refractivity contribution is 5.98. The van der Waals surface area contributed by atoms with Crippen LogP contribution in [-0.4, -0.2) is 41.5 Å². The van der Waals surface area contributed by atoms with Crippen molar-refractivity contribution in [3.63, 3.8) is 0 Å². The van der Waals surface area contributed by atoms with Gasteiger partial charge in [0.1, 0.15) is 23.2 Å². The first-order chi connectivity index (χ1) is 13.3. The quantitative estimate of drug-likeness (QED) is 0.742. The van der Waals surface area contributed by atoms with Crippen LogP contribution in [0.1, 0.15) is 39.6 Å². The number of aryl methyl sites for hydroxylation is 1. The van der Waals surface area contributed by atoms with Crippen LogP contribution in [0.25, 0.3) is 11.0 Å². The number of aromatic amines is 1. The maximum atomic E-state index is 14.5. The molecule has 1 N–H and O–H groups in total. The number of benzene rings is 2. The summed E-state index contributed by atoms with van der Waals surface area (Å²) in [5.41, 5.74) is 3.32. The molecule has 1 atom stereocenters. The number of ether oxygens (including phenoxy) is 1. The lowest BCUT2D eigenvalue weighted by Crippen LogP contribution is -2.22. The molecule has 1 aliphatic rings. The minimum Gasteiger partial charge on any atom is -0.493 e. The van der Waals surface area contributed by atoms with Gasteiger partial charge in [-0.1, -0.05) is 0 Å². The van der Waals surface area contributed by atoms with Gasteiger partial charge >= 0.3 is 0 Å². The highest BCUT2D eigenvalue weighted by Crippen LogP contribution is 2.39. The monoisotopic (exact) mass is 385 g/mol. The number of imidazole rings is 1. The average Bonchev–Trinajstić information content (AvgIpc) is 3.01. The third kappa shape index (κ3) is 3.21. The number of nitrogens with zero attached hydrogens (tertiary/aromatic N) is 2. The first-order valence-electron chi connectivity index (χ1n) is 9.16. The molecule has 1 amide bonds. The molecule has 0 unspecified atom stereocenters. The largest absolute Gasteiger partial charge is 0.493 e. The van der Waals surface area contributed by atoms with Crippen LogP contribution < -0.4 is 4.74 Å². The molecule has 0 fully saturated rings. The highest BCUT2D eigenvalue weighted by Gasteiger charge is 2.27. The van der Waals surface area contributed by atoms with Crippen molar-refractivity contribution in [2.75, 3.05) is 20.7 Å². The lowest BCUT2D eigenvalue weighted by atomic mass is 9.86. The molecule has 5 nitrogen and oxygen atoms in total. The molecule has 146 valence electrons. The van der Waals surface area contributed by atoms with Crippen molar-refractivity contribution in [1.82, 2.24) is 14.9 Å². The predicted molar refractivity (Wildman–Crippen MR) is 102 cm³/mol. The summed E-state index contributed by atoms with van der Waals surface area (Å²) in [5, 5.41) is 0. The Labute approximate surface area is 161 Å². The lowest BCUT2D eigenvalue weighted by molar-refractivity contribution is 0.0827. The van der Waals surface area contributed by atoms with Gasteiger partial charge in [0.05, 0.1) is 17.6 Å². The Kier molecular flexibility index (Phi) is 4.53. The molecule has 0 radical (unpaired) electrons. The van der Waals surface area contributed by atoms with E-state index >= 15 is 0 Å².